The summed E-state index contributed by atoms with van der Waals surface area (Å²) in [6.07, 6.45) is 9.60. The van der Waals surface area contributed by atoms with Gasteiger partial charge in [-0.25, -0.2) is 0 Å². The van der Waals surface area contributed by atoms with Crippen molar-refractivity contribution in [2.75, 3.05) is 12.3 Å². The van der Waals surface area contributed by atoms with E-state index in [0.717, 1.165) is 30.5 Å². The summed E-state index contributed by atoms with van der Waals surface area (Å²) in [7, 11) is 0. The molecule has 1 saturated heterocycles. The van der Waals surface area contributed by atoms with E-state index in [1.165, 1.54) is 43.4 Å². The van der Waals surface area contributed by atoms with Gasteiger partial charge in [0.1, 0.15) is 5.75 Å². The van der Waals surface area contributed by atoms with Crippen molar-refractivity contribution in [1.82, 2.24) is 4.90 Å². The third-order valence-corrected chi connectivity index (χ3v) is 11.2. The lowest BCUT2D eigenvalue weighted by Gasteiger charge is -2.41. The molecule has 0 aromatic heterocycles. The van der Waals surface area contributed by atoms with Crippen LogP contribution in [0, 0.1) is 5.92 Å². The molecular weight excluding hydrogens is 482 g/mol. The molecule has 4 atom stereocenters. The van der Waals surface area contributed by atoms with Crippen molar-refractivity contribution in [2.45, 2.75) is 139 Å². The van der Waals surface area contributed by atoms with Gasteiger partial charge in [0.25, 0.3) is 0 Å². The maximum Gasteiger partial charge on any atom is 0.232 e. The molecule has 1 aliphatic carbocycles. The second-order valence-electron chi connectivity index (χ2n) is 13.0. The average Bonchev–Trinajstić information content (AvgIpc) is 2.82. The molecule has 2 aliphatic rings. The fraction of sp³-hybridized carbons (Fsp3) is 0.774. The topological polar surface area (TPSA) is 40.5 Å². The van der Waals surface area contributed by atoms with Crippen molar-refractivity contribution in [3.63, 3.8) is 0 Å². The van der Waals surface area contributed by atoms with Crippen LogP contribution in [0.4, 0.5) is 0 Å². The van der Waals surface area contributed by atoms with E-state index < -0.39 is 0 Å². The van der Waals surface area contributed by atoms with Crippen LogP contribution in [0.3, 0.4) is 0 Å². The van der Waals surface area contributed by atoms with Gasteiger partial charge >= 0.3 is 0 Å². The molecule has 0 radical (unpaired) electrons. The Labute approximate surface area is 230 Å². The Morgan fingerprint density at radius 2 is 1.50 bits per heavy atom. The highest BCUT2D eigenvalue weighted by Crippen LogP contribution is 2.45. The summed E-state index contributed by atoms with van der Waals surface area (Å²) < 4.78 is 0. The lowest BCUT2D eigenvalue weighted by atomic mass is 9.79. The van der Waals surface area contributed by atoms with Crippen LogP contribution >= 0.6 is 23.5 Å². The average molecular weight is 534 g/mol. The largest absolute Gasteiger partial charge is 0.507 e. The minimum absolute atomic E-state index is 0.117. The number of likely N-dealkylation sites (tertiary alicyclic amines) is 1. The Bertz CT molecular complexity index is 851. The number of rotatable bonds is 7. The summed E-state index contributed by atoms with van der Waals surface area (Å²) in [6, 6.07) is 4.87. The lowest BCUT2D eigenvalue weighted by Crippen LogP contribution is -2.49. The van der Waals surface area contributed by atoms with Crippen LogP contribution < -0.4 is 0 Å². The molecule has 36 heavy (non-hydrogen) atoms. The van der Waals surface area contributed by atoms with Crippen molar-refractivity contribution in [3.05, 3.63) is 23.3 Å². The van der Waals surface area contributed by atoms with Gasteiger partial charge in [-0.1, -0.05) is 74.7 Å². The first-order chi connectivity index (χ1) is 16.9. The van der Waals surface area contributed by atoms with Crippen molar-refractivity contribution >= 4 is 29.4 Å². The third kappa shape index (κ3) is 7.18. The number of phenolic OH excluding ortho intramolecular Hbond substituents is 1. The quantitative estimate of drug-likeness (QED) is 0.381. The molecule has 1 amide bonds. The maximum absolute atomic E-state index is 13.4. The first kappa shape index (κ1) is 29.7. The van der Waals surface area contributed by atoms with E-state index in [9.17, 15) is 9.90 Å². The number of aromatic hydroxyl groups is 1. The highest BCUT2D eigenvalue weighted by Gasteiger charge is 2.34. The molecular formula is C31H51NO2S2. The molecule has 1 N–H and O–H groups in total. The molecule has 1 saturated carbocycles. The van der Waals surface area contributed by atoms with Gasteiger partial charge in [0, 0.05) is 39.1 Å². The predicted octanol–water partition coefficient (Wildman–Crippen LogP) is 8.55. The summed E-state index contributed by atoms with van der Waals surface area (Å²) in [5.41, 5.74) is 1.84. The molecule has 2 fully saturated rings. The first-order valence-corrected chi connectivity index (χ1v) is 16.2. The lowest BCUT2D eigenvalue weighted by molar-refractivity contribution is -0.133. The van der Waals surface area contributed by atoms with Crippen LogP contribution in [0.1, 0.15) is 118 Å². The van der Waals surface area contributed by atoms with Crippen LogP contribution in [-0.2, 0) is 15.6 Å². The number of thioether (sulfide) groups is 2. The first-order valence-electron chi connectivity index (χ1n) is 14.3. The number of amides is 1. The van der Waals surface area contributed by atoms with Gasteiger partial charge in [-0.3, -0.25) is 4.79 Å². The second-order valence-corrected chi connectivity index (χ2v) is 15.6. The van der Waals surface area contributed by atoms with E-state index in [-0.39, 0.29) is 10.8 Å². The predicted molar refractivity (Wildman–Crippen MR) is 159 cm³/mol. The van der Waals surface area contributed by atoms with Crippen LogP contribution in [-0.4, -0.2) is 44.8 Å². The number of carbonyl (C=O) groups excluding carboxylic acids is 1. The number of piperidine rings is 1. The zero-order valence-corrected chi connectivity index (χ0v) is 25.8. The van der Waals surface area contributed by atoms with E-state index in [1.807, 2.05) is 23.5 Å². The number of nitrogens with zero attached hydrogens (tertiary/aromatic N) is 1. The normalized spacial score (nSPS) is 25.7. The van der Waals surface area contributed by atoms with Crippen molar-refractivity contribution < 1.29 is 9.90 Å². The summed E-state index contributed by atoms with van der Waals surface area (Å²) >= 11 is 3.89. The summed E-state index contributed by atoms with van der Waals surface area (Å²) in [5, 5.41) is 12.1. The van der Waals surface area contributed by atoms with Crippen LogP contribution in [0.15, 0.2) is 17.0 Å². The van der Waals surface area contributed by atoms with Crippen molar-refractivity contribution in [2.24, 2.45) is 5.92 Å². The molecule has 1 aliphatic heterocycles. The zero-order valence-electron chi connectivity index (χ0n) is 24.2. The zero-order chi connectivity index (χ0) is 26.7. The van der Waals surface area contributed by atoms with E-state index in [4.69, 9.17) is 0 Å². The molecule has 0 bridgehead atoms. The van der Waals surface area contributed by atoms with Crippen LogP contribution in [0.2, 0.25) is 0 Å². The Morgan fingerprint density at radius 3 is 2.03 bits per heavy atom. The highest BCUT2D eigenvalue weighted by molar-refractivity contribution is 8.04. The van der Waals surface area contributed by atoms with Gasteiger partial charge in [0.15, 0.2) is 0 Å². The molecule has 5 heteroatoms. The smallest absolute Gasteiger partial charge is 0.232 e. The standard InChI is InChI=1S/C31H51NO2S2/c1-9-21-14-13-17-32(25(21)10-2)28(33)20-35-26-15-11-12-16-27(26)36-22-18-23(30(3,4)5)29(34)24(19-22)31(6,7)8/h18-19,21,25-27,34H,9-17,20H2,1-8H3. The molecule has 1 aromatic carbocycles. The summed E-state index contributed by atoms with van der Waals surface area (Å²) in [6.45, 7) is 18.6. The van der Waals surface area contributed by atoms with Gasteiger partial charge in [0.05, 0.1) is 5.75 Å². The van der Waals surface area contributed by atoms with Gasteiger partial charge < -0.3 is 10.0 Å². The van der Waals surface area contributed by atoms with E-state index in [0.29, 0.717) is 39.9 Å². The monoisotopic (exact) mass is 533 g/mol. The third-order valence-electron chi connectivity index (χ3n) is 8.23. The van der Waals surface area contributed by atoms with Gasteiger partial charge in [-0.15, -0.1) is 23.5 Å². The molecule has 3 nitrogen and oxygen atoms in total. The van der Waals surface area contributed by atoms with Crippen molar-refractivity contribution in [3.8, 4) is 5.75 Å². The molecule has 1 heterocycles. The Hall–Kier alpha value is -0.810. The molecule has 4 unspecified atom stereocenters. The minimum atomic E-state index is -0.117. The fourth-order valence-electron chi connectivity index (χ4n) is 6.12. The van der Waals surface area contributed by atoms with E-state index >= 15 is 0 Å². The number of phenols is 1. The Kier molecular flexibility index (Phi) is 10.2. The molecule has 3 rings (SSSR count). The number of hydrogen-bond acceptors (Lipinski definition) is 4. The van der Waals surface area contributed by atoms with Crippen molar-refractivity contribution in [1.29, 1.82) is 0 Å². The summed E-state index contributed by atoms with van der Waals surface area (Å²) in [4.78, 5) is 16.8. The molecule has 0 spiro atoms. The van der Waals surface area contributed by atoms with Gasteiger partial charge in [-0.2, -0.15) is 0 Å². The van der Waals surface area contributed by atoms with Gasteiger partial charge in [-0.05, 0) is 61.0 Å². The van der Waals surface area contributed by atoms with E-state index in [1.54, 1.807) is 0 Å². The van der Waals surface area contributed by atoms with Crippen LogP contribution in [0.25, 0.3) is 0 Å². The summed E-state index contributed by atoms with van der Waals surface area (Å²) in [5.74, 6) is 2.09. The second kappa shape index (κ2) is 12.4. The number of hydrogen-bond donors (Lipinski definition) is 1. The molecule has 1 aromatic rings. The number of benzene rings is 1. The van der Waals surface area contributed by atoms with Gasteiger partial charge in [0.2, 0.25) is 5.91 Å². The number of carbonyl (C=O) groups is 1. The Morgan fingerprint density at radius 1 is 0.917 bits per heavy atom. The SMILES string of the molecule is CCC1CCCN(C(=O)CSC2CCCCC2Sc2cc(C(C)(C)C)c(O)c(C(C)(C)C)c2)C1CC. The maximum atomic E-state index is 13.4. The minimum Gasteiger partial charge on any atom is -0.507 e. The van der Waals surface area contributed by atoms with Crippen LogP contribution in [0.5, 0.6) is 5.75 Å². The molecule has 204 valence electrons. The Balaban J connectivity index is 1.75. The highest BCUT2D eigenvalue weighted by atomic mass is 32.2. The fourth-order valence-corrected chi connectivity index (χ4v) is 9.02. The van der Waals surface area contributed by atoms with E-state index in [2.05, 4.69) is 72.4 Å².